The molecule has 186 valence electrons. The van der Waals surface area contributed by atoms with Gasteiger partial charge >= 0.3 is 0 Å². The van der Waals surface area contributed by atoms with Crippen molar-refractivity contribution in [3.8, 4) is 22.9 Å². The van der Waals surface area contributed by atoms with Crippen LogP contribution in [0.5, 0.6) is 5.75 Å². The summed E-state index contributed by atoms with van der Waals surface area (Å²) < 4.78 is 5.35. The molecule has 1 saturated heterocycles. The van der Waals surface area contributed by atoms with Gasteiger partial charge in [-0.05, 0) is 48.2 Å². The summed E-state index contributed by atoms with van der Waals surface area (Å²) in [5.41, 5.74) is 5.42. The first-order valence-corrected chi connectivity index (χ1v) is 11.8. The Hall–Kier alpha value is -4.16. The highest BCUT2D eigenvalue weighted by molar-refractivity contribution is 5.91. The zero-order valence-corrected chi connectivity index (χ0v) is 20.3. The smallest absolute Gasteiger partial charge is 0.275 e. The Balaban J connectivity index is 1.43. The second-order valence-corrected chi connectivity index (χ2v) is 9.27. The number of likely N-dealkylation sites (tertiary alicyclic amines) is 1. The number of β-amino-alcohol motifs (C(OH)–C–C–N with tert-alkyl or cyclic N) is 1. The fourth-order valence-corrected chi connectivity index (χ4v) is 4.41. The topological polar surface area (TPSA) is 129 Å². The number of aromatic nitrogens is 1. The first-order valence-electron chi connectivity index (χ1n) is 11.8. The number of carbonyl (C=O) groups is 2. The maximum atomic E-state index is 13.4. The molecule has 2 heterocycles. The summed E-state index contributed by atoms with van der Waals surface area (Å²) >= 11 is 0. The second kappa shape index (κ2) is 10.6. The monoisotopic (exact) mass is 488 g/mol. The van der Waals surface area contributed by atoms with Crippen molar-refractivity contribution in [3.05, 3.63) is 71.6 Å². The van der Waals surface area contributed by atoms with Crippen LogP contribution in [0.15, 0.2) is 59.1 Å². The van der Waals surface area contributed by atoms with Crippen LogP contribution in [0, 0.1) is 24.2 Å². The fraction of sp³-hybridized carbons (Fsp3) is 0.333. The van der Waals surface area contributed by atoms with Gasteiger partial charge in [-0.15, -0.1) is 0 Å². The summed E-state index contributed by atoms with van der Waals surface area (Å²) in [5, 5.41) is 23.2. The number of aliphatic hydroxyl groups is 1. The highest BCUT2D eigenvalue weighted by atomic mass is 16.7. The minimum atomic E-state index is -0.884. The largest absolute Gasteiger partial charge is 0.391 e. The van der Waals surface area contributed by atoms with Gasteiger partial charge in [0.1, 0.15) is 17.7 Å². The van der Waals surface area contributed by atoms with Gasteiger partial charge in [-0.25, -0.2) is 0 Å². The number of hydrogen-bond donors (Lipinski definition) is 2. The fourth-order valence-electron chi connectivity index (χ4n) is 4.41. The molecule has 4 rings (SSSR count). The van der Waals surface area contributed by atoms with Crippen molar-refractivity contribution in [2.24, 2.45) is 5.92 Å². The Kier molecular flexibility index (Phi) is 7.36. The lowest BCUT2D eigenvalue weighted by molar-refractivity contribution is -0.143. The van der Waals surface area contributed by atoms with Gasteiger partial charge in [-0.2, -0.15) is 10.7 Å². The standard InChI is InChI=1S/C27H28N4O5/c1-16(2)25(24-11-17(3)29-36-24)27(34)31-15-21(32)13-23(31)26(33)30-35-22-9-7-19(8-10-22)20-6-4-5-18(12-20)14-28/h4-12,16,21,23,25,32H,13,15H2,1-3H3,(H,30,33). The molecular weight excluding hydrogens is 460 g/mol. The van der Waals surface area contributed by atoms with Gasteiger partial charge in [0.15, 0.2) is 5.75 Å². The first kappa shape index (κ1) is 24.9. The summed E-state index contributed by atoms with van der Waals surface area (Å²) in [6, 6.07) is 17.2. The number of nitrogens with zero attached hydrogens (tertiary/aromatic N) is 3. The number of amides is 2. The third kappa shape index (κ3) is 5.39. The SMILES string of the molecule is Cc1cc(C(C(=O)N2CC(O)CC2C(=O)NOc2ccc(-c3cccc(C#N)c3)cc2)C(C)C)on1. The Labute approximate surface area is 209 Å². The van der Waals surface area contributed by atoms with Gasteiger partial charge in [-0.3, -0.25) is 9.59 Å². The van der Waals surface area contributed by atoms with Gasteiger partial charge < -0.3 is 19.4 Å². The molecule has 2 amide bonds. The molecule has 3 unspecified atom stereocenters. The van der Waals surface area contributed by atoms with Crippen LogP contribution in [-0.4, -0.2) is 45.7 Å². The van der Waals surface area contributed by atoms with Crippen molar-refractivity contribution >= 4 is 11.8 Å². The number of benzene rings is 2. The van der Waals surface area contributed by atoms with Gasteiger partial charge in [-0.1, -0.05) is 43.3 Å². The van der Waals surface area contributed by atoms with Gasteiger partial charge in [0.2, 0.25) is 5.91 Å². The van der Waals surface area contributed by atoms with Crippen molar-refractivity contribution in [2.45, 2.75) is 45.3 Å². The number of nitriles is 1. The van der Waals surface area contributed by atoms with E-state index in [0.29, 0.717) is 22.8 Å². The second-order valence-electron chi connectivity index (χ2n) is 9.27. The maximum absolute atomic E-state index is 13.4. The van der Waals surface area contributed by atoms with E-state index in [9.17, 15) is 14.7 Å². The van der Waals surface area contributed by atoms with Gasteiger partial charge in [0.05, 0.1) is 23.4 Å². The molecule has 0 spiro atoms. The lowest BCUT2D eigenvalue weighted by Gasteiger charge is -2.28. The van der Waals surface area contributed by atoms with E-state index in [4.69, 9.17) is 14.6 Å². The molecule has 0 bridgehead atoms. The number of hydrogen-bond acceptors (Lipinski definition) is 7. The Morgan fingerprint density at radius 2 is 1.94 bits per heavy atom. The van der Waals surface area contributed by atoms with Crippen molar-refractivity contribution in [2.75, 3.05) is 6.54 Å². The zero-order chi connectivity index (χ0) is 25.8. The average molecular weight is 489 g/mol. The molecular formula is C27H28N4O5. The van der Waals surface area contributed by atoms with Crippen molar-refractivity contribution in [3.63, 3.8) is 0 Å². The molecule has 3 atom stereocenters. The minimum absolute atomic E-state index is 0.0454. The van der Waals surface area contributed by atoms with Crippen molar-refractivity contribution < 1.29 is 24.1 Å². The lowest BCUT2D eigenvalue weighted by atomic mass is 9.91. The molecule has 9 heteroatoms. The van der Waals surface area contributed by atoms with E-state index in [-0.39, 0.29) is 24.8 Å². The zero-order valence-electron chi connectivity index (χ0n) is 20.3. The van der Waals surface area contributed by atoms with Crippen LogP contribution in [0.1, 0.15) is 43.2 Å². The van der Waals surface area contributed by atoms with E-state index in [1.165, 1.54) is 4.90 Å². The van der Waals surface area contributed by atoms with Crippen LogP contribution in [0.4, 0.5) is 0 Å². The molecule has 0 radical (unpaired) electrons. The average Bonchev–Trinajstić information content (AvgIpc) is 3.48. The van der Waals surface area contributed by atoms with E-state index in [0.717, 1.165) is 11.1 Å². The number of nitrogens with one attached hydrogen (secondary N) is 1. The normalized spacial score (nSPS) is 18.1. The van der Waals surface area contributed by atoms with E-state index in [1.807, 2.05) is 38.1 Å². The number of aryl methyl sites for hydroxylation is 1. The molecule has 1 aliphatic rings. The van der Waals surface area contributed by atoms with E-state index < -0.39 is 24.0 Å². The van der Waals surface area contributed by atoms with Crippen molar-refractivity contribution in [1.29, 1.82) is 5.26 Å². The summed E-state index contributed by atoms with van der Waals surface area (Å²) in [6.07, 6.45) is -0.715. The molecule has 2 aromatic carbocycles. The molecule has 1 fully saturated rings. The number of hydroxylamine groups is 1. The van der Waals surface area contributed by atoms with E-state index in [1.54, 1.807) is 37.3 Å². The molecule has 1 aliphatic heterocycles. The summed E-state index contributed by atoms with van der Waals surface area (Å²) in [7, 11) is 0. The molecule has 0 saturated carbocycles. The van der Waals surface area contributed by atoms with Gasteiger partial charge in [0, 0.05) is 19.0 Å². The van der Waals surface area contributed by atoms with E-state index in [2.05, 4.69) is 16.7 Å². The molecule has 2 N–H and O–H groups in total. The van der Waals surface area contributed by atoms with Crippen LogP contribution in [0.3, 0.4) is 0 Å². The van der Waals surface area contributed by atoms with Crippen LogP contribution in [-0.2, 0) is 9.59 Å². The third-order valence-corrected chi connectivity index (χ3v) is 6.20. The Bertz CT molecular complexity index is 1280. The Morgan fingerprint density at radius 3 is 2.58 bits per heavy atom. The van der Waals surface area contributed by atoms with Crippen LogP contribution in [0.25, 0.3) is 11.1 Å². The number of rotatable bonds is 7. The lowest BCUT2D eigenvalue weighted by Crippen LogP contribution is -2.48. The maximum Gasteiger partial charge on any atom is 0.275 e. The van der Waals surface area contributed by atoms with Gasteiger partial charge in [0.25, 0.3) is 5.91 Å². The predicted octanol–water partition coefficient (Wildman–Crippen LogP) is 3.33. The minimum Gasteiger partial charge on any atom is -0.391 e. The van der Waals surface area contributed by atoms with Crippen LogP contribution >= 0.6 is 0 Å². The third-order valence-electron chi connectivity index (χ3n) is 6.20. The molecule has 3 aromatic rings. The number of carbonyl (C=O) groups excluding carboxylic acids is 2. The highest BCUT2D eigenvalue weighted by Crippen LogP contribution is 2.31. The predicted molar refractivity (Wildman–Crippen MR) is 130 cm³/mol. The summed E-state index contributed by atoms with van der Waals surface area (Å²) in [6.45, 7) is 5.61. The number of aliphatic hydroxyl groups excluding tert-OH is 1. The van der Waals surface area contributed by atoms with E-state index >= 15 is 0 Å². The quantitative estimate of drug-likeness (QED) is 0.488. The Morgan fingerprint density at radius 1 is 1.19 bits per heavy atom. The molecule has 36 heavy (non-hydrogen) atoms. The summed E-state index contributed by atoms with van der Waals surface area (Å²) in [5.74, 6) is -0.722. The molecule has 1 aromatic heterocycles. The molecule has 9 nitrogen and oxygen atoms in total. The highest BCUT2D eigenvalue weighted by Gasteiger charge is 2.43. The summed E-state index contributed by atoms with van der Waals surface area (Å²) in [4.78, 5) is 33.3. The van der Waals surface area contributed by atoms with Crippen LogP contribution in [0.2, 0.25) is 0 Å². The van der Waals surface area contributed by atoms with Crippen LogP contribution < -0.4 is 10.3 Å². The van der Waals surface area contributed by atoms with Crippen molar-refractivity contribution in [1.82, 2.24) is 15.5 Å². The first-order chi connectivity index (χ1) is 17.3. The molecule has 0 aliphatic carbocycles.